The van der Waals surface area contributed by atoms with Crippen LogP contribution >= 0.6 is 0 Å². The van der Waals surface area contributed by atoms with E-state index in [4.69, 9.17) is 0 Å². The number of hydrogen-bond acceptors (Lipinski definition) is 4. The summed E-state index contributed by atoms with van der Waals surface area (Å²) in [4.78, 5) is 4.52. The predicted octanol–water partition coefficient (Wildman–Crippen LogP) is 3.45. The molecule has 25 heavy (non-hydrogen) atoms. The Kier molecular flexibility index (Phi) is 6.73. The van der Waals surface area contributed by atoms with Gasteiger partial charge in [-0.25, -0.2) is 12.4 Å². The molecule has 134 valence electrons. The van der Waals surface area contributed by atoms with E-state index in [1.807, 2.05) is 20.0 Å². The van der Waals surface area contributed by atoms with E-state index in [2.05, 4.69) is 17.2 Å². The minimum atomic E-state index is -3.59. The summed E-state index contributed by atoms with van der Waals surface area (Å²) >= 11 is 0. The van der Waals surface area contributed by atoms with Crippen LogP contribution in [0.15, 0.2) is 59.6 Å². The summed E-state index contributed by atoms with van der Waals surface area (Å²) < 4.78 is 27.0. The van der Waals surface area contributed by atoms with Gasteiger partial charge in [0, 0.05) is 11.9 Å². The van der Waals surface area contributed by atoms with Gasteiger partial charge in [0.05, 0.1) is 15.9 Å². The molecule has 0 fully saturated rings. The fraction of sp³-hybridized carbons (Fsp3) is 0.316. The predicted molar refractivity (Wildman–Crippen MR) is 102 cm³/mol. The zero-order valence-electron chi connectivity index (χ0n) is 14.9. The van der Waals surface area contributed by atoms with Crippen molar-refractivity contribution in [2.24, 2.45) is 0 Å². The summed E-state index contributed by atoms with van der Waals surface area (Å²) in [6.07, 6.45) is 3.53. The van der Waals surface area contributed by atoms with Gasteiger partial charge in [0.15, 0.2) is 0 Å². The second-order valence-electron chi connectivity index (χ2n) is 5.58. The highest BCUT2D eigenvalue weighted by Crippen LogP contribution is 2.24. The zero-order chi connectivity index (χ0) is 18.3. The van der Waals surface area contributed by atoms with Gasteiger partial charge in [0.2, 0.25) is 0 Å². The largest absolute Gasteiger partial charge is 0.320 e. The van der Waals surface area contributed by atoms with Gasteiger partial charge in [-0.2, -0.15) is 0 Å². The lowest BCUT2D eigenvalue weighted by Crippen LogP contribution is -2.15. The van der Waals surface area contributed by atoms with E-state index in [9.17, 15) is 8.42 Å². The highest BCUT2D eigenvalue weighted by Gasteiger charge is 2.22. The third kappa shape index (κ3) is 4.27. The smallest absolute Gasteiger partial charge is 0.268 e. The van der Waals surface area contributed by atoms with Crippen LogP contribution in [0.25, 0.3) is 11.0 Å². The highest BCUT2D eigenvalue weighted by atomic mass is 32.2. The fourth-order valence-electron chi connectivity index (χ4n) is 2.54. The van der Waals surface area contributed by atoms with Crippen LogP contribution in [0.2, 0.25) is 0 Å². The van der Waals surface area contributed by atoms with Gasteiger partial charge in [0.1, 0.15) is 0 Å². The Hall–Kier alpha value is -2.18. The van der Waals surface area contributed by atoms with Crippen LogP contribution in [0.3, 0.4) is 0 Å². The van der Waals surface area contributed by atoms with Crippen molar-refractivity contribution in [1.29, 1.82) is 0 Å². The number of nitrogens with zero attached hydrogens (tertiary/aromatic N) is 2. The normalized spacial score (nSPS) is 11.2. The molecule has 0 unspecified atom stereocenters. The number of aromatic nitrogens is 2. The van der Waals surface area contributed by atoms with Crippen LogP contribution in [0.1, 0.15) is 26.0 Å². The average molecular weight is 359 g/mol. The van der Waals surface area contributed by atoms with Gasteiger partial charge in [0.25, 0.3) is 10.0 Å². The Bertz CT molecular complexity index is 901. The molecule has 0 atom stereocenters. The number of fused-ring (bicyclic) bond motifs is 1. The molecule has 0 aliphatic heterocycles. The minimum absolute atomic E-state index is 0.288. The van der Waals surface area contributed by atoms with Gasteiger partial charge >= 0.3 is 0 Å². The van der Waals surface area contributed by atoms with Gasteiger partial charge in [-0.1, -0.05) is 32.0 Å². The summed E-state index contributed by atoms with van der Waals surface area (Å²) in [5.74, 6) is 0. The average Bonchev–Trinajstić information content (AvgIpc) is 3.03. The standard InChI is InChI=1S/C15H14N2O2S.C4H11N/c1-2-12-11-14-15(9-6-10-16-14)17(12)20(18,19)13-7-4-3-5-8-13;1-3-4-5-2/h3-11H,2H2,1H3;5H,3-4H2,1-2H3. The number of benzene rings is 1. The maximum atomic E-state index is 12.8. The molecule has 5 nitrogen and oxygen atoms in total. The molecule has 1 N–H and O–H groups in total. The first-order valence-electron chi connectivity index (χ1n) is 8.46. The number of hydrogen-bond donors (Lipinski definition) is 1. The molecular formula is C19H25N3O2S. The van der Waals surface area contributed by atoms with Crippen LogP contribution in [-0.4, -0.2) is 31.0 Å². The summed E-state index contributed by atoms with van der Waals surface area (Å²) in [6, 6.07) is 13.8. The molecule has 6 heteroatoms. The van der Waals surface area contributed by atoms with Crippen LogP contribution in [0, 0.1) is 0 Å². The Labute approximate surface area is 149 Å². The zero-order valence-corrected chi connectivity index (χ0v) is 15.8. The van der Waals surface area contributed by atoms with E-state index < -0.39 is 10.0 Å². The van der Waals surface area contributed by atoms with E-state index in [1.165, 1.54) is 10.4 Å². The van der Waals surface area contributed by atoms with Crippen LogP contribution in [0.5, 0.6) is 0 Å². The molecule has 2 heterocycles. The lowest BCUT2D eigenvalue weighted by Gasteiger charge is -2.10. The van der Waals surface area contributed by atoms with Crippen molar-refractivity contribution < 1.29 is 8.42 Å². The maximum Gasteiger partial charge on any atom is 0.268 e. The molecule has 1 aromatic carbocycles. The molecule has 0 saturated heterocycles. The first-order valence-corrected chi connectivity index (χ1v) is 9.90. The Morgan fingerprint density at radius 2 is 1.80 bits per heavy atom. The number of pyridine rings is 1. The summed E-state index contributed by atoms with van der Waals surface area (Å²) in [5.41, 5.74) is 2.06. The third-order valence-corrected chi connectivity index (χ3v) is 5.52. The molecule has 0 bridgehead atoms. The molecule has 0 aliphatic rings. The van der Waals surface area contributed by atoms with Gasteiger partial charge < -0.3 is 5.32 Å². The van der Waals surface area contributed by atoms with Gasteiger partial charge in [-0.15, -0.1) is 0 Å². The fourth-order valence-corrected chi connectivity index (χ4v) is 4.16. The van der Waals surface area contributed by atoms with Crippen LogP contribution in [-0.2, 0) is 16.4 Å². The monoisotopic (exact) mass is 359 g/mol. The molecular weight excluding hydrogens is 334 g/mol. The number of rotatable bonds is 5. The SMILES string of the molecule is CCCNC.CCc1cc2ncccc2n1S(=O)(=O)c1ccccc1. The number of nitrogens with one attached hydrogen (secondary N) is 1. The lowest BCUT2D eigenvalue weighted by atomic mass is 10.3. The summed E-state index contributed by atoms with van der Waals surface area (Å²) in [6.45, 7) is 5.22. The third-order valence-electron chi connectivity index (χ3n) is 3.74. The molecule has 2 aromatic heterocycles. The highest BCUT2D eigenvalue weighted by molar-refractivity contribution is 7.90. The topological polar surface area (TPSA) is 64.0 Å². The van der Waals surface area contributed by atoms with E-state index in [0.29, 0.717) is 17.5 Å². The lowest BCUT2D eigenvalue weighted by molar-refractivity contribution is 0.587. The van der Waals surface area contributed by atoms with E-state index in [-0.39, 0.29) is 4.90 Å². The molecule has 0 saturated carbocycles. The van der Waals surface area contributed by atoms with Gasteiger partial charge in [-0.05, 0) is 56.8 Å². The second kappa shape index (κ2) is 8.78. The van der Waals surface area contributed by atoms with E-state index in [1.54, 1.807) is 48.7 Å². The molecule has 0 radical (unpaired) electrons. The molecule has 0 spiro atoms. The van der Waals surface area contributed by atoms with Crippen molar-refractivity contribution in [3.05, 3.63) is 60.4 Å². The van der Waals surface area contributed by atoms with Crippen molar-refractivity contribution in [2.75, 3.05) is 13.6 Å². The van der Waals surface area contributed by atoms with Crippen LogP contribution < -0.4 is 5.32 Å². The quantitative estimate of drug-likeness (QED) is 0.758. The Morgan fingerprint density at radius 1 is 1.08 bits per heavy atom. The molecule has 3 aromatic rings. The first kappa shape index (κ1) is 19.1. The Morgan fingerprint density at radius 3 is 2.36 bits per heavy atom. The van der Waals surface area contributed by atoms with Gasteiger partial charge in [-0.3, -0.25) is 4.98 Å². The summed E-state index contributed by atoms with van der Waals surface area (Å²) in [7, 11) is -1.63. The molecule has 0 aliphatic carbocycles. The number of aryl methyl sites for hydroxylation is 1. The molecule has 3 rings (SSSR count). The second-order valence-corrected chi connectivity index (χ2v) is 7.37. The molecule has 0 amide bonds. The van der Waals surface area contributed by atoms with Crippen LogP contribution in [0.4, 0.5) is 0 Å². The van der Waals surface area contributed by atoms with E-state index in [0.717, 1.165) is 12.2 Å². The van der Waals surface area contributed by atoms with Crippen molar-refractivity contribution in [2.45, 2.75) is 31.6 Å². The maximum absolute atomic E-state index is 12.8. The van der Waals surface area contributed by atoms with E-state index >= 15 is 0 Å². The van der Waals surface area contributed by atoms with Crippen molar-refractivity contribution >= 4 is 21.1 Å². The van der Waals surface area contributed by atoms with Crippen molar-refractivity contribution in [3.8, 4) is 0 Å². The Balaban J connectivity index is 0.000000399. The minimum Gasteiger partial charge on any atom is -0.320 e. The first-order chi connectivity index (χ1) is 12.1. The van der Waals surface area contributed by atoms with Crippen molar-refractivity contribution in [3.63, 3.8) is 0 Å². The van der Waals surface area contributed by atoms with Crippen molar-refractivity contribution in [1.82, 2.24) is 14.3 Å². The summed E-state index contributed by atoms with van der Waals surface area (Å²) in [5, 5.41) is 3.02.